The molecule has 6 nitrogen and oxygen atoms in total. The number of hydrazine groups is 1. The minimum absolute atomic E-state index is 0.114. The number of nitrogens with two attached hydrogens (primary N) is 2. The molecule has 130 valence electrons. The molecule has 0 bridgehead atoms. The van der Waals surface area contributed by atoms with Crippen molar-refractivity contribution in [1.29, 1.82) is 0 Å². The molecule has 0 aliphatic rings. The van der Waals surface area contributed by atoms with Crippen molar-refractivity contribution >= 4 is 5.97 Å². The lowest BCUT2D eigenvalue weighted by Gasteiger charge is -2.12. The molecule has 0 amide bonds. The molecular formula is C17H22FN3O3. The molecule has 1 aromatic carbocycles. The number of rotatable bonds is 6. The maximum atomic E-state index is 13.4. The highest BCUT2D eigenvalue weighted by Gasteiger charge is 2.15. The molecule has 24 heavy (non-hydrogen) atoms. The van der Waals surface area contributed by atoms with Gasteiger partial charge in [-0.25, -0.2) is 15.0 Å². The lowest BCUT2D eigenvalue weighted by atomic mass is 10.1. The Morgan fingerprint density at radius 1 is 1.42 bits per heavy atom. The SMILES string of the molecule is CCOC(=O)/C(N)=C(/NN)Oc1cccc(C#CCC(C)(C)F)c1. The molecule has 5 N–H and O–H groups in total. The first kappa shape index (κ1) is 19.3. The molecule has 0 fully saturated rings. The van der Waals surface area contributed by atoms with Gasteiger partial charge in [0, 0.05) is 12.0 Å². The van der Waals surface area contributed by atoms with Crippen LogP contribution < -0.4 is 21.7 Å². The van der Waals surface area contributed by atoms with Crippen LogP contribution in [0.3, 0.4) is 0 Å². The van der Waals surface area contributed by atoms with Crippen LogP contribution in [0.5, 0.6) is 5.75 Å². The van der Waals surface area contributed by atoms with Crippen molar-refractivity contribution in [1.82, 2.24) is 5.43 Å². The van der Waals surface area contributed by atoms with Crippen molar-refractivity contribution in [2.24, 2.45) is 11.6 Å². The Morgan fingerprint density at radius 2 is 2.12 bits per heavy atom. The lowest BCUT2D eigenvalue weighted by Crippen LogP contribution is -2.31. The third kappa shape index (κ3) is 6.58. The Bertz CT molecular complexity index is 670. The van der Waals surface area contributed by atoms with E-state index in [4.69, 9.17) is 21.1 Å². The fourth-order valence-electron chi connectivity index (χ4n) is 1.58. The summed E-state index contributed by atoms with van der Waals surface area (Å²) in [6.07, 6.45) is 0.114. The highest BCUT2D eigenvalue weighted by atomic mass is 19.1. The van der Waals surface area contributed by atoms with Gasteiger partial charge >= 0.3 is 5.97 Å². The van der Waals surface area contributed by atoms with E-state index in [0.29, 0.717) is 11.3 Å². The summed E-state index contributed by atoms with van der Waals surface area (Å²) < 4.78 is 23.6. The Morgan fingerprint density at radius 3 is 2.71 bits per heavy atom. The number of esters is 1. The van der Waals surface area contributed by atoms with Crippen molar-refractivity contribution in [2.45, 2.75) is 32.9 Å². The number of carbonyl (C=O) groups excluding carboxylic acids is 1. The van der Waals surface area contributed by atoms with Gasteiger partial charge in [0.25, 0.3) is 0 Å². The van der Waals surface area contributed by atoms with Crippen molar-refractivity contribution in [2.75, 3.05) is 6.61 Å². The maximum Gasteiger partial charge on any atom is 0.359 e. The summed E-state index contributed by atoms with van der Waals surface area (Å²) >= 11 is 0. The molecule has 0 aliphatic heterocycles. The molecule has 0 aromatic heterocycles. The van der Waals surface area contributed by atoms with Crippen LogP contribution in [-0.4, -0.2) is 18.2 Å². The van der Waals surface area contributed by atoms with Crippen molar-refractivity contribution in [3.63, 3.8) is 0 Å². The second-order valence-corrected chi connectivity index (χ2v) is 5.43. The molecule has 0 aliphatic carbocycles. The Balaban J connectivity index is 2.93. The molecule has 0 spiro atoms. The van der Waals surface area contributed by atoms with Gasteiger partial charge in [0.2, 0.25) is 5.88 Å². The van der Waals surface area contributed by atoms with Gasteiger partial charge in [-0.3, -0.25) is 5.43 Å². The van der Waals surface area contributed by atoms with Gasteiger partial charge in [-0.05, 0) is 39.0 Å². The van der Waals surface area contributed by atoms with Gasteiger partial charge < -0.3 is 15.2 Å². The van der Waals surface area contributed by atoms with Crippen molar-refractivity contribution in [3.8, 4) is 17.6 Å². The highest BCUT2D eigenvalue weighted by Crippen LogP contribution is 2.16. The van der Waals surface area contributed by atoms with E-state index in [0.717, 1.165) is 0 Å². The zero-order valence-electron chi connectivity index (χ0n) is 14.0. The van der Waals surface area contributed by atoms with Crippen LogP contribution in [0.1, 0.15) is 32.8 Å². The third-order valence-electron chi connectivity index (χ3n) is 2.67. The summed E-state index contributed by atoms with van der Waals surface area (Å²) in [6, 6.07) is 6.71. The first-order chi connectivity index (χ1) is 11.3. The van der Waals surface area contributed by atoms with E-state index in [1.165, 1.54) is 13.8 Å². The van der Waals surface area contributed by atoms with Gasteiger partial charge in [-0.1, -0.05) is 17.9 Å². The lowest BCUT2D eigenvalue weighted by molar-refractivity contribution is -0.138. The van der Waals surface area contributed by atoms with Crippen LogP contribution in [0.15, 0.2) is 35.8 Å². The highest BCUT2D eigenvalue weighted by molar-refractivity contribution is 5.87. The first-order valence-electron chi connectivity index (χ1n) is 7.36. The number of hydrogen-bond acceptors (Lipinski definition) is 6. The standard InChI is InChI=1S/C17H22FN3O3/c1-4-23-16(22)14(19)15(21-20)24-13-9-5-7-12(11-13)8-6-10-17(2,3)18/h5,7,9,11,21H,4,10,19-20H2,1-3H3/b15-14+. The number of carbonyl (C=O) groups is 1. The van der Waals surface area contributed by atoms with E-state index in [2.05, 4.69) is 17.3 Å². The smallest absolute Gasteiger partial charge is 0.359 e. The average Bonchev–Trinajstić information content (AvgIpc) is 2.51. The second-order valence-electron chi connectivity index (χ2n) is 5.43. The van der Waals surface area contributed by atoms with E-state index in [1.54, 1.807) is 31.2 Å². The molecule has 0 unspecified atom stereocenters. The molecule has 0 saturated carbocycles. The monoisotopic (exact) mass is 335 g/mol. The number of ether oxygens (including phenoxy) is 2. The normalized spacial score (nSPS) is 11.7. The Hall–Kier alpha value is -2.72. The van der Waals surface area contributed by atoms with E-state index < -0.39 is 11.6 Å². The summed E-state index contributed by atoms with van der Waals surface area (Å²) in [5.74, 6) is 10.4. The fraction of sp³-hybridized carbons (Fsp3) is 0.353. The maximum absolute atomic E-state index is 13.4. The zero-order valence-corrected chi connectivity index (χ0v) is 14.0. The second kappa shape index (κ2) is 8.79. The minimum atomic E-state index is -1.35. The van der Waals surface area contributed by atoms with Gasteiger partial charge in [-0.15, -0.1) is 0 Å². The number of nitrogens with one attached hydrogen (secondary N) is 1. The van der Waals surface area contributed by atoms with Crippen molar-refractivity contribution < 1.29 is 18.7 Å². The van der Waals surface area contributed by atoms with Crippen molar-refractivity contribution in [3.05, 3.63) is 41.4 Å². The van der Waals surface area contributed by atoms with Crippen LogP contribution in [0, 0.1) is 11.8 Å². The van der Waals surface area contributed by atoms with E-state index >= 15 is 0 Å². The third-order valence-corrected chi connectivity index (χ3v) is 2.67. The van der Waals surface area contributed by atoms with Gasteiger partial charge in [0.05, 0.1) is 6.61 Å². The first-order valence-corrected chi connectivity index (χ1v) is 7.36. The summed E-state index contributed by atoms with van der Waals surface area (Å²) in [5.41, 5.74) is 6.85. The summed E-state index contributed by atoms with van der Waals surface area (Å²) in [6.45, 7) is 4.75. The number of benzene rings is 1. The van der Waals surface area contributed by atoms with Crippen LogP contribution in [0.25, 0.3) is 0 Å². The molecule has 1 rings (SSSR count). The fourth-order valence-corrected chi connectivity index (χ4v) is 1.58. The molecule has 0 heterocycles. The average molecular weight is 335 g/mol. The van der Waals surface area contributed by atoms with Crippen LogP contribution in [0.2, 0.25) is 0 Å². The molecule has 7 heteroatoms. The minimum Gasteiger partial charge on any atom is -0.461 e. The largest absolute Gasteiger partial charge is 0.461 e. The Labute approximate surface area is 141 Å². The van der Waals surface area contributed by atoms with Gasteiger partial charge in [0.15, 0.2) is 5.70 Å². The molecular weight excluding hydrogens is 313 g/mol. The summed E-state index contributed by atoms with van der Waals surface area (Å²) in [5, 5.41) is 0. The topological polar surface area (TPSA) is 99.6 Å². The molecule has 0 radical (unpaired) electrons. The van der Waals surface area contributed by atoms with Gasteiger partial charge in [0.1, 0.15) is 11.4 Å². The van der Waals surface area contributed by atoms with E-state index in [-0.39, 0.29) is 24.6 Å². The predicted octanol–water partition coefficient (Wildman–Crippen LogP) is 1.71. The predicted molar refractivity (Wildman–Crippen MR) is 88.9 cm³/mol. The summed E-state index contributed by atoms with van der Waals surface area (Å²) in [4.78, 5) is 11.6. The zero-order chi connectivity index (χ0) is 18.2. The number of halogens is 1. The van der Waals surface area contributed by atoms with E-state index in [9.17, 15) is 9.18 Å². The summed E-state index contributed by atoms with van der Waals surface area (Å²) in [7, 11) is 0. The van der Waals surface area contributed by atoms with Gasteiger partial charge in [-0.2, -0.15) is 0 Å². The number of alkyl halides is 1. The molecule has 1 aromatic rings. The van der Waals surface area contributed by atoms with E-state index in [1.807, 2.05) is 0 Å². The quantitative estimate of drug-likeness (QED) is 0.183. The Kier molecular flexibility index (Phi) is 7.08. The van der Waals surface area contributed by atoms with Crippen LogP contribution in [0.4, 0.5) is 4.39 Å². The van der Waals surface area contributed by atoms with Crippen LogP contribution in [-0.2, 0) is 9.53 Å². The number of hydrogen-bond donors (Lipinski definition) is 3. The molecule has 0 atom stereocenters. The molecule has 0 saturated heterocycles. The van der Waals surface area contributed by atoms with Crippen LogP contribution >= 0.6 is 0 Å².